The van der Waals surface area contributed by atoms with Crippen LogP contribution in [-0.4, -0.2) is 13.4 Å². The molecule has 0 saturated heterocycles. The molecule has 0 fully saturated rings. The van der Waals surface area contributed by atoms with E-state index in [0.717, 1.165) is 7.11 Å². The van der Waals surface area contributed by atoms with Crippen molar-refractivity contribution in [2.45, 2.75) is 12.6 Å². The molecule has 0 aliphatic rings. The molecule has 0 saturated carbocycles. The average molecular weight is 243 g/mol. The van der Waals surface area contributed by atoms with E-state index in [2.05, 4.69) is 4.74 Å². The molecule has 0 amide bonds. The van der Waals surface area contributed by atoms with Crippen molar-refractivity contribution >= 4 is 6.29 Å². The van der Waals surface area contributed by atoms with Crippen molar-refractivity contribution in [3.63, 3.8) is 0 Å². The SMILES string of the molecule is COc1c(CC#N)cc(C=O)cc1C(F)(F)F. The van der Waals surface area contributed by atoms with E-state index in [1.54, 1.807) is 6.07 Å². The van der Waals surface area contributed by atoms with E-state index in [-0.39, 0.29) is 17.5 Å². The van der Waals surface area contributed by atoms with Crippen LogP contribution in [0.3, 0.4) is 0 Å². The Kier molecular flexibility index (Phi) is 3.73. The normalized spacial score (nSPS) is 10.8. The minimum Gasteiger partial charge on any atom is -0.496 e. The van der Waals surface area contributed by atoms with Crippen molar-refractivity contribution in [1.29, 1.82) is 5.26 Å². The van der Waals surface area contributed by atoms with E-state index in [9.17, 15) is 18.0 Å². The van der Waals surface area contributed by atoms with Gasteiger partial charge in [-0.1, -0.05) is 0 Å². The van der Waals surface area contributed by atoms with Crippen LogP contribution in [0.15, 0.2) is 12.1 Å². The van der Waals surface area contributed by atoms with Crippen molar-refractivity contribution in [2.24, 2.45) is 0 Å². The maximum atomic E-state index is 12.7. The number of halogens is 3. The van der Waals surface area contributed by atoms with Crippen LogP contribution in [0.25, 0.3) is 0 Å². The molecule has 0 spiro atoms. The fraction of sp³-hybridized carbons (Fsp3) is 0.273. The van der Waals surface area contributed by atoms with Gasteiger partial charge in [0.05, 0.1) is 25.2 Å². The third-order valence-electron chi connectivity index (χ3n) is 2.10. The number of carbonyl (C=O) groups is 1. The fourth-order valence-corrected chi connectivity index (χ4v) is 1.45. The van der Waals surface area contributed by atoms with Crippen LogP contribution in [0, 0.1) is 11.3 Å². The lowest BCUT2D eigenvalue weighted by Gasteiger charge is -2.15. The number of methoxy groups -OCH3 is 1. The molecule has 0 heterocycles. The Labute approximate surface area is 95.4 Å². The summed E-state index contributed by atoms with van der Waals surface area (Å²) in [4.78, 5) is 10.6. The molecule has 0 radical (unpaired) electrons. The number of ether oxygens (including phenoxy) is 1. The van der Waals surface area contributed by atoms with E-state index in [0.29, 0.717) is 12.4 Å². The number of alkyl halides is 3. The number of nitriles is 1. The Morgan fingerprint density at radius 3 is 2.53 bits per heavy atom. The van der Waals surface area contributed by atoms with E-state index < -0.39 is 17.5 Å². The topological polar surface area (TPSA) is 50.1 Å². The summed E-state index contributed by atoms with van der Waals surface area (Å²) in [6.07, 6.45) is -4.59. The predicted octanol–water partition coefficient (Wildman–Crippen LogP) is 2.59. The average Bonchev–Trinajstić information content (AvgIpc) is 2.27. The maximum Gasteiger partial charge on any atom is 0.419 e. The highest BCUT2D eigenvalue weighted by molar-refractivity contribution is 5.76. The zero-order chi connectivity index (χ0) is 13.1. The molecule has 0 bridgehead atoms. The molecule has 1 aromatic carbocycles. The standard InChI is InChI=1S/C11H8F3NO2/c1-17-10-8(2-3-15)4-7(6-16)5-9(10)11(12,13)14/h4-6H,2H2,1H3. The van der Waals surface area contributed by atoms with Crippen molar-refractivity contribution in [3.05, 3.63) is 28.8 Å². The first-order valence-electron chi connectivity index (χ1n) is 4.54. The van der Waals surface area contributed by atoms with Crippen molar-refractivity contribution in [2.75, 3.05) is 7.11 Å². The third kappa shape index (κ3) is 2.75. The van der Waals surface area contributed by atoms with Gasteiger partial charge in [0.25, 0.3) is 0 Å². The number of rotatable bonds is 3. The van der Waals surface area contributed by atoms with Gasteiger partial charge in [0.1, 0.15) is 12.0 Å². The largest absolute Gasteiger partial charge is 0.496 e. The van der Waals surface area contributed by atoms with E-state index >= 15 is 0 Å². The summed E-state index contributed by atoms with van der Waals surface area (Å²) >= 11 is 0. The second-order valence-electron chi connectivity index (χ2n) is 3.21. The van der Waals surface area contributed by atoms with Gasteiger partial charge in [-0.15, -0.1) is 0 Å². The van der Waals surface area contributed by atoms with E-state index in [1.807, 2.05) is 0 Å². The van der Waals surface area contributed by atoms with Crippen LogP contribution in [0.2, 0.25) is 0 Å². The van der Waals surface area contributed by atoms with Gasteiger partial charge in [0.2, 0.25) is 0 Å². The second kappa shape index (κ2) is 4.87. The van der Waals surface area contributed by atoms with Crippen LogP contribution in [-0.2, 0) is 12.6 Å². The highest BCUT2D eigenvalue weighted by Crippen LogP contribution is 2.38. The lowest BCUT2D eigenvalue weighted by atomic mass is 10.0. The number of carbonyl (C=O) groups excluding carboxylic acids is 1. The van der Waals surface area contributed by atoms with Gasteiger partial charge < -0.3 is 4.74 Å². The molecular formula is C11H8F3NO2. The van der Waals surface area contributed by atoms with Crippen LogP contribution in [0.5, 0.6) is 5.75 Å². The lowest BCUT2D eigenvalue weighted by molar-refractivity contribution is -0.138. The molecule has 6 heteroatoms. The number of aldehydes is 1. The van der Waals surface area contributed by atoms with Gasteiger partial charge in [0.15, 0.2) is 0 Å². The predicted molar refractivity (Wildman–Crippen MR) is 52.7 cm³/mol. The molecule has 90 valence electrons. The van der Waals surface area contributed by atoms with E-state index in [4.69, 9.17) is 5.26 Å². The molecule has 0 aliphatic carbocycles. The smallest absolute Gasteiger partial charge is 0.419 e. The fourth-order valence-electron chi connectivity index (χ4n) is 1.45. The molecule has 1 rings (SSSR count). The Hall–Kier alpha value is -2.03. The minimum atomic E-state index is -4.63. The Morgan fingerprint density at radius 2 is 2.12 bits per heavy atom. The number of benzene rings is 1. The molecule has 0 unspecified atom stereocenters. The highest BCUT2D eigenvalue weighted by atomic mass is 19.4. The molecule has 0 aromatic heterocycles. The van der Waals surface area contributed by atoms with Crippen LogP contribution in [0.1, 0.15) is 21.5 Å². The zero-order valence-electron chi connectivity index (χ0n) is 8.84. The summed E-state index contributed by atoms with van der Waals surface area (Å²) in [5.74, 6) is -0.412. The van der Waals surface area contributed by atoms with Crippen LogP contribution >= 0.6 is 0 Å². The molecule has 0 aliphatic heterocycles. The van der Waals surface area contributed by atoms with Crippen molar-refractivity contribution in [1.82, 2.24) is 0 Å². The van der Waals surface area contributed by atoms with E-state index in [1.165, 1.54) is 6.07 Å². The number of hydrogen-bond donors (Lipinski definition) is 0. The highest BCUT2D eigenvalue weighted by Gasteiger charge is 2.35. The van der Waals surface area contributed by atoms with Gasteiger partial charge in [-0.2, -0.15) is 18.4 Å². The summed E-state index contributed by atoms with van der Waals surface area (Å²) in [6, 6.07) is 3.64. The maximum absolute atomic E-state index is 12.7. The number of hydrogen-bond acceptors (Lipinski definition) is 3. The van der Waals surface area contributed by atoms with Gasteiger partial charge in [-0.05, 0) is 12.1 Å². The Morgan fingerprint density at radius 1 is 1.47 bits per heavy atom. The van der Waals surface area contributed by atoms with Gasteiger partial charge >= 0.3 is 6.18 Å². The number of nitrogens with zero attached hydrogens (tertiary/aromatic N) is 1. The first-order valence-corrected chi connectivity index (χ1v) is 4.54. The Bertz CT molecular complexity index is 475. The molecule has 17 heavy (non-hydrogen) atoms. The quantitative estimate of drug-likeness (QED) is 0.766. The molecular weight excluding hydrogens is 235 g/mol. The summed E-state index contributed by atoms with van der Waals surface area (Å²) < 4.78 is 42.7. The molecule has 3 nitrogen and oxygen atoms in total. The molecule has 1 aromatic rings. The zero-order valence-corrected chi connectivity index (χ0v) is 8.84. The monoisotopic (exact) mass is 243 g/mol. The summed E-state index contributed by atoms with van der Waals surface area (Å²) in [6.45, 7) is 0. The van der Waals surface area contributed by atoms with Crippen LogP contribution < -0.4 is 4.74 Å². The summed E-state index contributed by atoms with van der Waals surface area (Å²) in [5, 5.41) is 8.52. The first-order chi connectivity index (χ1) is 7.93. The third-order valence-corrected chi connectivity index (χ3v) is 2.10. The van der Waals surface area contributed by atoms with Gasteiger partial charge in [-0.25, -0.2) is 0 Å². The molecule has 0 atom stereocenters. The van der Waals surface area contributed by atoms with Crippen molar-refractivity contribution < 1.29 is 22.7 Å². The van der Waals surface area contributed by atoms with Gasteiger partial charge in [-0.3, -0.25) is 4.79 Å². The lowest BCUT2D eigenvalue weighted by Crippen LogP contribution is -2.10. The summed E-state index contributed by atoms with van der Waals surface area (Å²) in [5.41, 5.74) is -1.13. The van der Waals surface area contributed by atoms with Gasteiger partial charge in [0, 0.05) is 11.1 Å². The second-order valence-corrected chi connectivity index (χ2v) is 3.21. The minimum absolute atomic E-state index is 0.0481. The first kappa shape index (κ1) is 13.0. The summed E-state index contributed by atoms with van der Waals surface area (Å²) in [7, 11) is 1.09. The Balaban J connectivity index is 3.51. The van der Waals surface area contributed by atoms with Crippen LogP contribution in [0.4, 0.5) is 13.2 Å². The van der Waals surface area contributed by atoms with Crippen molar-refractivity contribution in [3.8, 4) is 11.8 Å². The molecule has 0 N–H and O–H groups in total.